The van der Waals surface area contributed by atoms with Gasteiger partial charge in [-0.05, 0) is 44.4 Å². The maximum absolute atomic E-state index is 9.41. The van der Waals surface area contributed by atoms with E-state index >= 15 is 0 Å². The molecule has 2 rings (SSSR count). The number of phenolic OH excluding ortho intramolecular Hbond substituents is 1. The molecule has 1 aliphatic rings. The molecular weight excluding hydrogens is 234 g/mol. The summed E-state index contributed by atoms with van der Waals surface area (Å²) >= 11 is 5.94. The van der Waals surface area contributed by atoms with Crippen molar-refractivity contribution in [3.05, 3.63) is 28.8 Å². The molecule has 1 N–H and O–H groups in total. The van der Waals surface area contributed by atoms with Crippen LogP contribution in [0.15, 0.2) is 18.2 Å². The Labute approximate surface area is 108 Å². The van der Waals surface area contributed by atoms with Gasteiger partial charge in [-0.15, -0.1) is 0 Å². The molecule has 3 heteroatoms. The summed E-state index contributed by atoms with van der Waals surface area (Å²) in [6.45, 7) is 5.50. The molecule has 0 bridgehead atoms. The van der Waals surface area contributed by atoms with Gasteiger partial charge in [0.1, 0.15) is 5.75 Å². The van der Waals surface area contributed by atoms with Crippen molar-refractivity contribution in [2.24, 2.45) is 0 Å². The number of benzene rings is 1. The molecular formula is C14H20ClNO. The van der Waals surface area contributed by atoms with Crippen LogP contribution in [0.5, 0.6) is 5.75 Å². The van der Waals surface area contributed by atoms with Gasteiger partial charge in [-0.25, -0.2) is 0 Å². The van der Waals surface area contributed by atoms with Gasteiger partial charge in [-0.2, -0.15) is 0 Å². The molecule has 2 atom stereocenters. The number of likely N-dealkylation sites (tertiary alicyclic amines) is 1. The maximum atomic E-state index is 9.41. The van der Waals surface area contributed by atoms with Crippen LogP contribution in [0.2, 0.25) is 5.02 Å². The molecule has 0 amide bonds. The zero-order valence-electron chi connectivity index (χ0n) is 10.5. The fourth-order valence-corrected chi connectivity index (χ4v) is 2.85. The zero-order chi connectivity index (χ0) is 12.4. The Morgan fingerprint density at radius 1 is 1.29 bits per heavy atom. The number of rotatable bonds is 2. The van der Waals surface area contributed by atoms with E-state index in [0.29, 0.717) is 17.1 Å². The van der Waals surface area contributed by atoms with Crippen LogP contribution in [0.25, 0.3) is 0 Å². The first kappa shape index (κ1) is 12.7. The van der Waals surface area contributed by atoms with Crippen LogP contribution >= 0.6 is 11.6 Å². The van der Waals surface area contributed by atoms with Gasteiger partial charge in [0.05, 0.1) is 5.02 Å². The van der Waals surface area contributed by atoms with Crippen LogP contribution in [0.3, 0.4) is 0 Å². The summed E-state index contributed by atoms with van der Waals surface area (Å²) in [6.07, 6.45) is 3.88. The highest BCUT2D eigenvalue weighted by atomic mass is 35.5. The molecule has 1 saturated heterocycles. The SMILES string of the molecule is C[C@@H]1CCC[C@H](C)N1Cc1ccc(O)c(Cl)c1. The van der Waals surface area contributed by atoms with Crippen molar-refractivity contribution in [3.63, 3.8) is 0 Å². The maximum Gasteiger partial charge on any atom is 0.134 e. The third kappa shape index (κ3) is 2.93. The quantitative estimate of drug-likeness (QED) is 0.867. The van der Waals surface area contributed by atoms with Gasteiger partial charge in [-0.1, -0.05) is 24.1 Å². The number of aromatic hydroxyl groups is 1. The summed E-state index contributed by atoms with van der Waals surface area (Å²) < 4.78 is 0. The Hall–Kier alpha value is -0.730. The third-order valence-electron chi connectivity index (χ3n) is 3.75. The van der Waals surface area contributed by atoms with Gasteiger partial charge >= 0.3 is 0 Å². The first-order chi connectivity index (χ1) is 8.08. The molecule has 1 aliphatic heterocycles. The molecule has 0 radical (unpaired) electrons. The molecule has 0 unspecified atom stereocenters. The Morgan fingerprint density at radius 3 is 2.53 bits per heavy atom. The average Bonchev–Trinajstić information content (AvgIpc) is 2.28. The summed E-state index contributed by atoms with van der Waals surface area (Å²) in [7, 11) is 0. The normalized spacial score (nSPS) is 26.1. The van der Waals surface area contributed by atoms with Crippen LogP contribution in [0, 0.1) is 0 Å². The molecule has 0 spiro atoms. The lowest BCUT2D eigenvalue weighted by Crippen LogP contribution is -2.42. The van der Waals surface area contributed by atoms with E-state index in [1.54, 1.807) is 6.07 Å². The monoisotopic (exact) mass is 253 g/mol. The molecule has 17 heavy (non-hydrogen) atoms. The Kier molecular flexibility index (Phi) is 3.95. The van der Waals surface area contributed by atoms with Crippen molar-refractivity contribution in [3.8, 4) is 5.75 Å². The van der Waals surface area contributed by atoms with E-state index in [2.05, 4.69) is 18.7 Å². The lowest BCUT2D eigenvalue weighted by atomic mass is 9.97. The third-order valence-corrected chi connectivity index (χ3v) is 4.06. The first-order valence-corrected chi connectivity index (χ1v) is 6.69. The van der Waals surface area contributed by atoms with E-state index in [1.165, 1.54) is 24.8 Å². The van der Waals surface area contributed by atoms with E-state index in [1.807, 2.05) is 12.1 Å². The van der Waals surface area contributed by atoms with Crippen LogP contribution in [-0.4, -0.2) is 22.1 Å². The Morgan fingerprint density at radius 2 is 1.94 bits per heavy atom. The molecule has 0 aromatic heterocycles. The molecule has 1 aromatic carbocycles. The lowest BCUT2D eigenvalue weighted by molar-refractivity contribution is 0.0953. The average molecular weight is 254 g/mol. The van der Waals surface area contributed by atoms with Crippen molar-refractivity contribution in [1.29, 1.82) is 0 Å². The minimum Gasteiger partial charge on any atom is -0.506 e. The van der Waals surface area contributed by atoms with Crippen molar-refractivity contribution in [1.82, 2.24) is 4.90 Å². The van der Waals surface area contributed by atoms with E-state index < -0.39 is 0 Å². The van der Waals surface area contributed by atoms with Gasteiger partial charge < -0.3 is 5.11 Å². The Bertz CT molecular complexity index is 384. The predicted octanol–water partition coefficient (Wildman–Crippen LogP) is 3.81. The number of nitrogens with zero attached hydrogens (tertiary/aromatic N) is 1. The van der Waals surface area contributed by atoms with Gasteiger partial charge in [0.15, 0.2) is 0 Å². The van der Waals surface area contributed by atoms with Crippen LogP contribution < -0.4 is 0 Å². The smallest absolute Gasteiger partial charge is 0.134 e. The summed E-state index contributed by atoms with van der Waals surface area (Å²) in [5, 5.41) is 9.85. The van der Waals surface area contributed by atoms with Crippen LogP contribution in [-0.2, 0) is 6.54 Å². The van der Waals surface area contributed by atoms with Gasteiger partial charge in [-0.3, -0.25) is 4.90 Å². The molecule has 2 nitrogen and oxygen atoms in total. The number of piperidine rings is 1. The van der Waals surface area contributed by atoms with Crippen molar-refractivity contribution < 1.29 is 5.11 Å². The van der Waals surface area contributed by atoms with Gasteiger partial charge in [0, 0.05) is 18.6 Å². The summed E-state index contributed by atoms with van der Waals surface area (Å²) in [5.41, 5.74) is 1.17. The second-order valence-electron chi connectivity index (χ2n) is 5.09. The van der Waals surface area contributed by atoms with Crippen molar-refractivity contribution in [2.45, 2.75) is 51.7 Å². The lowest BCUT2D eigenvalue weighted by Gasteiger charge is -2.39. The topological polar surface area (TPSA) is 23.5 Å². The minimum absolute atomic E-state index is 0.162. The van der Waals surface area contributed by atoms with E-state index in [0.717, 1.165) is 6.54 Å². The zero-order valence-corrected chi connectivity index (χ0v) is 11.2. The summed E-state index contributed by atoms with van der Waals surface area (Å²) in [5.74, 6) is 0.162. The second-order valence-corrected chi connectivity index (χ2v) is 5.49. The largest absolute Gasteiger partial charge is 0.506 e. The molecule has 1 heterocycles. The summed E-state index contributed by atoms with van der Waals surface area (Å²) in [6, 6.07) is 6.76. The molecule has 1 fully saturated rings. The minimum atomic E-state index is 0.162. The standard InChI is InChI=1S/C14H20ClNO/c1-10-4-3-5-11(2)16(10)9-12-6-7-14(17)13(15)8-12/h6-8,10-11,17H,3-5,9H2,1-2H3/t10-,11+. The molecule has 94 valence electrons. The fraction of sp³-hybridized carbons (Fsp3) is 0.571. The number of phenols is 1. The highest BCUT2D eigenvalue weighted by Crippen LogP contribution is 2.28. The second kappa shape index (κ2) is 5.28. The highest BCUT2D eigenvalue weighted by molar-refractivity contribution is 6.32. The first-order valence-electron chi connectivity index (χ1n) is 6.31. The van der Waals surface area contributed by atoms with E-state index in [4.69, 9.17) is 11.6 Å². The Balaban J connectivity index is 2.10. The van der Waals surface area contributed by atoms with Crippen molar-refractivity contribution >= 4 is 11.6 Å². The molecule has 0 saturated carbocycles. The predicted molar refractivity (Wildman–Crippen MR) is 71.4 cm³/mol. The molecule has 1 aromatic rings. The number of halogens is 1. The number of hydrogen-bond acceptors (Lipinski definition) is 2. The fourth-order valence-electron chi connectivity index (χ4n) is 2.65. The van der Waals surface area contributed by atoms with Crippen molar-refractivity contribution in [2.75, 3.05) is 0 Å². The number of hydrogen-bond donors (Lipinski definition) is 1. The van der Waals surface area contributed by atoms with E-state index in [9.17, 15) is 5.11 Å². The van der Waals surface area contributed by atoms with Crippen LogP contribution in [0.1, 0.15) is 38.7 Å². The van der Waals surface area contributed by atoms with Crippen LogP contribution in [0.4, 0.5) is 0 Å². The highest BCUT2D eigenvalue weighted by Gasteiger charge is 2.24. The molecule has 0 aliphatic carbocycles. The van der Waals surface area contributed by atoms with E-state index in [-0.39, 0.29) is 5.75 Å². The van der Waals surface area contributed by atoms with Gasteiger partial charge in [0.2, 0.25) is 0 Å². The summed E-state index contributed by atoms with van der Waals surface area (Å²) in [4.78, 5) is 2.52. The van der Waals surface area contributed by atoms with Gasteiger partial charge in [0.25, 0.3) is 0 Å².